The quantitative estimate of drug-likeness (QED) is 0.286. The highest BCUT2D eigenvalue weighted by atomic mass is 32.2. The normalized spacial score (nSPS) is 15.4. The van der Waals surface area contributed by atoms with E-state index in [0.717, 1.165) is 12.1 Å². The van der Waals surface area contributed by atoms with E-state index >= 15 is 0 Å². The van der Waals surface area contributed by atoms with Crippen LogP contribution in [0.1, 0.15) is 46.1 Å². The fraction of sp³-hybridized carbons (Fsp3) is 0.556. The van der Waals surface area contributed by atoms with Crippen molar-refractivity contribution < 1.29 is 31.6 Å². The highest BCUT2D eigenvalue weighted by Crippen LogP contribution is 2.34. The molecule has 0 fully saturated rings. The van der Waals surface area contributed by atoms with Gasteiger partial charge in [0.25, 0.3) is 0 Å². The maximum atomic E-state index is 13.4. The minimum atomic E-state index is -4.68. The summed E-state index contributed by atoms with van der Waals surface area (Å²) >= 11 is -1.82. The number of hydrogen-bond acceptors (Lipinski definition) is 4. The molecule has 1 unspecified atom stereocenters. The molecule has 0 aliphatic heterocycles. The number of halogens is 4. The standard InChI is InChI=1S/C18H23F4NO3S/c1-5-26-16(24)11-13(18(20,21)22)10-15(23-27(25)17(2,3)4)12-6-8-14(19)9-7-12/h6-9,13H,5,10-11H2,1-4H3/t13?,27-/m1/s1. The van der Waals surface area contributed by atoms with Crippen LogP contribution in [-0.4, -0.2) is 33.8 Å². The molecule has 0 aliphatic carbocycles. The zero-order valence-corrected chi connectivity index (χ0v) is 16.4. The third-order valence-electron chi connectivity index (χ3n) is 3.52. The highest BCUT2D eigenvalue weighted by molar-refractivity contribution is 7.91. The monoisotopic (exact) mass is 409 g/mol. The van der Waals surface area contributed by atoms with Crippen LogP contribution in [0, 0.1) is 11.7 Å². The van der Waals surface area contributed by atoms with Gasteiger partial charge in [-0.15, -0.1) is 0 Å². The molecule has 4 nitrogen and oxygen atoms in total. The summed E-state index contributed by atoms with van der Waals surface area (Å²) in [4.78, 5) is 11.6. The zero-order chi connectivity index (χ0) is 20.8. The molecule has 1 aromatic rings. The first kappa shape index (κ1) is 23.4. The maximum Gasteiger partial charge on any atom is 0.392 e. The van der Waals surface area contributed by atoms with Gasteiger partial charge in [-0.25, -0.2) is 4.39 Å². The first-order valence-electron chi connectivity index (χ1n) is 8.32. The van der Waals surface area contributed by atoms with Gasteiger partial charge in [-0.2, -0.15) is 13.2 Å². The minimum Gasteiger partial charge on any atom is -0.591 e. The second-order valence-corrected chi connectivity index (χ2v) is 8.76. The number of ether oxygens (including phenoxy) is 1. The molecule has 0 N–H and O–H groups in total. The van der Waals surface area contributed by atoms with E-state index in [4.69, 9.17) is 0 Å². The first-order chi connectivity index (χ1) is 12.3. The first-order valence-corrected chi connectivity index (χ1v) is 9.43. The SMILES string of the molecule is CCOC(=O)CC(CC(=N[S@+]([O-])C(C)(C)C)c1ccc(F)cc1)C(F)(F)F. The molecule has 1 rings (SSSR count). The van der Waals surface area contributed by atoms with Crippen LogP contribution in [0.2, 0.25) is 0 Å². The van der Waals surface area contributed by atoms with Crippen molar-refractivity contribution in [3.8, 4) is 0 Å². The molecular formula is C18H23F4NO3S. The Balaban J connectivity index is 3.25. The molecule has 0 amide bonds. The number of nitrogens with zero attached hydrogens (tertiary/aromatic N) is 1. The van der Waals surface area contributed by atoms with Gasteiger partial charge in [0.15, 0.2) is 0 Å². The lowest BCUT2D eigenvalue weighted by molar-refractivity contribution is -0.182. The number of carbonyl (C=O) groups is 1. The molecule has 0 aliphatic rings. The molecular weight excluding hydrogens is 386 g/mol. The van der Waals surface area contributed by atoms with E-state index in [9.17, 15) is 26.9 Å². The Morgan fingerprint density at radius 1 is 1.19 bits per heavy atom. The van der Waals surface area contributed by atoms with Gasteiger partial charge in [0.1, 0.15) is 21.9 Å². The smallest absolute Gasteiger partial charge is 0.392 e. The summed E-state index contributed by atoms with van der Waals surface area (Å²) in [5, 5.41) is 0. The Bertz CT molecular complexity index is 654. The largest absolute Gasteiger partial charge is 0.591 e. The topological polar surface area (TPSA) is 61.7 Å². The molecule has 0 saturated heterocycles. The Labute approximate surface area is 159 Å². The molecule has 2 atom stereocenters. The molecule has 0 aromatic heterocycles. The van der Waals surface area contributed by atoms with Gasteiger partial charge in [-0.3, -0.25) is 4.79 Å². The summed E-state index contributed by atoms with van der Waals surface area (Å²) in [6, 6.07) is 4.70. The summed E-state index contributed by atoms with van der Waals surface area (Å²) in [6.45, 7) is 6.37. The van der Waals surface area contributed by atoms with Crippen molar-refractivity contribution in [1.82, 2.24) is 0 Å². The third kappa shape index (κ3) is 7.88. The molecule has 0 saturated carbocycles. The lowest BCUT2D eigenvalue weighted by Gasteiger charge is -2.22. The Hall–Kier alpha value is -1.61. The van der Waals surface area contributed by atoms with Gasteiger partial charge in [0.2, 0.25) is 0 Å². The van der Waals surface area contributed by atoms with E-state index in [0.29, 0.717) is 0 Å². The molecule has 152 valence electrons. The second-order valence-electron chi connectivity index (χ2n) is 6.86. The molecule has 0 radical (unpaired) electrons. The van der Waals surface area contributed by atoms with Crippen LogP contribution < -0.4 is 0 Å². The van der Waals surface area contributed by atoms with Crippen molar-refractivity contribution in [3.63, 3.8) is 0 Å². The van der Waals surface area contributed by atoms with Crippen molar-refractivity contribution >= 4 is 23.0 Å². The van der Waals surface area contributed by atoms with Crippen LogP contribution >= 0.6 is 0 Å². The highest BCUT2D eigenvalue weighted by Gasteiger charge is 2.42. The molecule has 0 bridgehead atoms. The van der Waals surface area contributed by atoms with Crippen molar-refractivity contribution in [3.05, 3.63) is 35.6 Å². The van der Waals surface area contributed by atoms with Gasteiger partial charge in [-0.1, -0.05) is 16.5 Å². The van der Waals surface area contributed by atoms with Crippen LogP contribution in [0.3, 0.4) is 0 Å². The van der Waals surface area contributed by atoms with Crippen LogP contribution in [0.15, 0.2) is 28.7 Å². The van der Waals surface area contributed by atoms with Gasteiger partial charge < -0.3 is 9.29 Å². The van der Waals surface area contributed by atoms with E-state index in [1.54, 1.807) is 20.8 Å². The third-order valence-corrected chi connectivity index (χ3v) is 4.95. The van der Waals surface area contributed by atoms with E-state index in [1.807, 2.05) is 0 Å². The van der Waals surface area contributed by atoms with Gasteiger partial charge >= 0.3 is 12.1 Å². The van der Waals surface area contributed by atoms with Gasteiger partial charge in [0.05, 0.1) is 24.7 Å². The molecule has 27 heavy (non-hydrogen) atoms. The minimum absolute atomic E-state index is 0.0314. The molecule has 0 heterocycles. The fourth-order valence-corrected chi connectivity index (χ4v) is 2.70. The molecule has 0 spiro atoms. The number of rotatable bonds is 7. The van der Waals surface area contributed by atoms with Crippen molar-refractivity contribution in [2.45, 2.75) is 51.5 Å². The zero-order valence-electron chi connectivity index (χ0n) is 15.6. The van der Waals surface area contributed by atoms with Crippen LogP contribution in [0.25, 0.3) is 0 Å². The van der Waals surface area contributed by atoms with E-state index in [2.05, 4.69) is 9.13 Å². The summed E-state index contributed by atoms with van der Waals surface area (Å²) in [7, 11) is 0. The fourth-order valence-electron chi connectivity index (χ4n) is 2.05. The number of esters is 1. The molecule has 9 heteroatoms. The van der Waals surface area contributed by atoms with Crippen LogP contribution in [0.5, 0.6) is 0 Å². The number of carbonyl (C=O) groups excluding carboxylic acids is 1. The van der Waals surface area contributed by atoms with Gasteiger partial charge in [0, 0.05) is 12.0 Å². The number of hydrogen-bond donors (Lipinski definition) is 0. The van der Waals surface area contributed by atoms with Crippen molar-refractivity contribution in [2.75, 3.05) is 6.61 Å². The average molecular weight is 409 g/mol. The number of alkyl halides is 3. The Kier molecular flexibility index (Phi) is 8.28. The van der Waals surface area contributed by atoms with E-state index in [1.165, 1.54) is 19.1 Å². The summed E-state index contributed by atoms with van der Waals surface area (Å²) < 4.78 is 73.6. The van der Waals surface area contributed by atoms with E-state index < -0.39 is 52.8 Å². The summed E-state index contributed by atoms with van der Waals surface area (Å²) in [5.41, 5.74) is 0.113. The average Bonchev–Trinajstić information content (AvgIpc) is 2.52. The van der Waals surface area contributed by atoms with Crippen molar-refractivity contribution in [1.29, 1.82) is 0 Å². The lowest BCUT2D eigenvalue weighted by atomic mass is 9.94. The predicted molar refractivity (Wildman–Crippen MR) is 96.2 cm³/mol. The van der Waals surface area contributed by atoms with Crippen LogP contribution in [0.4, 0.5) is 17.6 Å². The summed E-state index contributed by atoms with van der Waals surface area (Å²) in [6.07, 6.45) is -6.23. The van der Waals surface area contributed by atoms with Gasteiger partial charge in [-0.05, 0) is 39.8 Å². The lowest BCUT2D eigenvalue weighted by Crippen LogP contribution is -2.31. The van der Waals surface area contributed by atoms with Crippen LogP contribution in [-0.2, 0) is 20.9 Å². The van der Waals surface area contributed by atoms with E-state index in [-0.39, 0.29) is 17.9 Å². The predicted octanol–water partition coefficient (Wildman–Crippen LogP) is 4.60. The number of benzene rings is 1. The molecule has 1 aromatic carbocycles. The Morgan fingerprint density at radius 3 is 2.19 bits per heavy atom. The Morgan fingerprint density at radius 2 is 1.74 bits per heavy atom. The second kappa shape index (κ2) is 9.54. The van der Waals surface area contributed by atoms with Crippen molar-refractivity contribution in [2.24, 2.45) is 10.3 Å². The summed E-state index contributed by atoms with van der Waals surface area (Å²) in [5.74, 6) is -3.60. The maximum absolute atomic E-state index is 13.4.